The van der Waals surface area contributed by atoms with Gasteiger partial charge in [-0.2, -0.15) is 0 Å². The van der Waals surface area contributed by atoms with Crippen molar-refractivity contribution in [3.05, 3.63) is 70.8 Å². The highest BCUT2D eigenvalue weighted by Crippen LogP contribution is 2.34. The summed E-state index contributed by atoms with van der Waals surface area (Å²) in [6, 6.07) is 11.4. The fraction of sp³-hybridized carbons (Fsp3) is 0.105. The zero-order valence-corrected chi connectivity index (χ0v) is 13.3. The van der Waals surface area contributed by atoms with Gasteiger partial charge in [0.1, 0.15) is 5.75 Å². The molecule has 1 aliphatic rings. The first-order valence-electron chi connectivity index (χ1n) is 7.32. The highest BCUT2D eigenvalue weighted by molar-refractivity contribution is 6.30. The second-order valence-corrected chi connectivity index (χ2v) is 5.67. The van der Waals surface area contributed by atoms with Crippen molar-refractivity contribution in [3.8, 4) is 5.75 Å². The Morgan fingerprint density at radius 1 is 1.22 bits per heavy atom. The molecule has 1 heterocycles. The monoisotopic (exact) mass is 325 g/mol. The van der Waals surface area contributed by atoms with Gasteiger partial charge in [-0.05, 0) is 35.9 Å². The smallest absolute Gasteiger partial charge is 0.247 e. The van der Waals surface area contributed by atoms with Crippen molar-refractivity contribution >= 4 is 35.3 Å². The molecule has 0 aliphatic carbocycles. The van der Waals surface area contributed by atoms with E-state index in [9.17, 15) is 4.79 Å². The molecular formula is C19H16ClNO2. The highest BCUT2D eigenvalue weighted by atomic mass is 35.5. The molecule has 0 bridgehead atoms. The Balaban J connectivity index is 1.92. The Kier molecular flexibility index (Phi) is 4.49. The number of hydrogen-bond donors (Lipinski definition) is 1. The molecule has 0 unspecified atom stereocenters. The van der Waals surface area contributed by atoms with E-state index in [1.165, 1.54) is 6.08 Å². The summed E-state index contributed by atoms with van der Waals surface area (Å²) in [4.78, 5) is 11.5. The van der Waals surface area contributed by atoms with Gasteiger partial charge in [-0.1, -0.05) is 42.5 Å². The van der Waals surface area contributed by atoms with Crippen LogP contribution in [-0.2, 0) is 11.2 Å². The van der Waals surface area contributed by atoms with Crippen LogP contribution >= 0.6 is 11.6 Å². The Morgan fingerprint density at radius 2 is 2.00 bits per heavy atom. The Labute approximate surface area is 140 Å². The van der Waals surface area contributed by atoms with Crippen molar-refractivity contribution in [2.45, 2.75) is 6.42 Å². The number of nitrogens with one attached hydrogen (secondary N) is 1. The predicted octanol–water partition coefficient (Wildman–Crippen LogP) is 4.57. The van der Waals surface area contributed by atoms with E-state index in [4.69, 9.17) is 16.3 Å². The van der Waals surface area contributed by atoms with Gasteiger partial charge in [0.05, 0.1) is 6.61 Å². The number of carbonyl (C=O) groups is 1. The zero-order valence-electron chi connectivity index (χ0n) is 12.5. The normalized spacial score (nSPS) is 12.7. The van der Waals surface area contributed by atoms with Crippen LogP contribution in [0.1, 0.15) is 16.7 Å². The molecule has 0 saturated carbocycles. The summed E-state index contributed by atoms with van der Waals surface area (Å²) in [5, 5.41) is 3.51. The van der Waals surface area contributed by atoms with E-state index < -0.39 is 0 Å². The molecule has 3 rings (SSSR count). The molecule has 0 fully saturated rings. The van der Waals surface area contributed by atoms with Crippen LogP contribution in [0, 0.1) is 0 Å². The minimum atomic E-state index is -0.225. The van der Waals surface area contributed by atoms with E-state index in [0.29, 0.717) is 11.6 Å². The molecule has 23 heavy (non-hydrogen) atoms. The molecule has 4 heteroatoms. The van der Waals surface area contributed by atoms with Crippen LogP contribution in [0.2, 0.25) is 5.02 Å². The molecule has 2 aromatic rings. The number of halogens is 1. The maximum Gasteiger partial charge on any atom is 0.247 e. The topological polar surface area (TPSA) is 38.3 Å². The van der Waals surface area contributed by atoms with E-state index in [-0.39, 0.29) is 5.91 Å². The maximum absolute atomic E-state index is 11.5. The number of rotatable bonds is 4. The van der Waals surface area contributed by atoms with E-state index in [1.54, 1.807) is 0 Å². The molecule has 0 saturated heterocycles. The van der Waals surface area contributed by atoms with Gasteiger partial charge in [0.15, 0.2) is 0 Å². The zero-order chi connectivity index (χ0) is 16.2. The lowest BCUT2D eigenvalue weighted by atomic mass is 10.0. The Hall–Kier alpha value is -2.52. The van der Waals surface area contributed by atoms with Gasteiger partial charge in [0.25, 0.3) is 0 Å². The summed E-state index contributed by atoms with van der Waals surface area (Å²) in [5.74, 6) is 0.656. The summed E-state index contributed by atoms with van der Waals surface area (Å²) in [6.45, 7) is 4.14. The molecule has 116 valence electrons. The molecular weight excluding hydrogens is 310 g/mol. The summed E-state index contributed by atoms with van der Waals surface area (Å²) < 4.78 is 5.72. The molecule has 0 aromatic heterocycles. The van der Waals surface area contributed by atoms with Crippen LogP contribution in [0.25, 0.3) is 12.2 Å². The predicted molar refractivity (Wildman–Crippen MR) is 94.8 cm³/mol. The highest BCUT2D eigenvalue weighted by Gasteiger charge is 2.17. The molecule has 1 N–H and O–H groups in total. The lowest BCUT2D eigenvalue weighted by Crippen LogP contribution is -2.07. The molecule has 1 aliphatic heterocycles. The van der Waals surface area contributed by atoms with Gasteiger partial charge in [-0.15, -0.1) is 0 Å². The minimum Gasteiger partial charge on any atom is -0.492 e. The van der Waals surface area contributed by atoms with Crippen molar-refractivity contribution in [3.63, 3.8) is 0 Å². The molecule has 3 nitrogen and oxygen atoms in total. The number of hydrogen-bond acceptors (Lipinski definition) is 2. The fourth-order valence-corrected chi connectivity index (χ4v) is 2.61. The van der Waals surface area contributed by atoms with Crippen LogP contribution in [0.4, 0.5) is 5.69 Å². The van der Waals surface area contributed by atoms with Crippen LogP contribution in [-0.4, -0.2) is 12.5 Å². The summed E-state index contributed by atoms with van der Waals surface area (Å²) in [7, 11) is 0. The molecule has 0 atom stereocenters. The molecule has 0 spiro atoms. The number of ether oxygens (including phenoxy) is 1. The third kappa shape index (κ3) is 3.63. The van der Waals surface area contributed by atoms with Crippen LogP contribution in [0.3, 0.4) is 0 Å². The molecule has 0 radical (unpaired) electrons. The summed E-state index contributed by atoms with van der Waals surface area (Å²) in [6.07, 6.45) is 6.07. The standard InChI is InChI=1S/C19H16ClNO2/c1-2-18(22)21-17-11-14(19-15(12-17)9-10-23-19)6-3-13-4-7-16(20)8-5-13/h2-8,11-12H,1,9-10H2,(H,21,22). The average molecular weight is 326 g/mol. The largest absolute Gasteiger partial charge is 0.492 e. The van der Waals surface area contributed by atoms with E-state index in [1.807, 2.05) is 48.6 Å². The number of amides is 1. The average Bonchev–Trinajstić information content (AvgIpc) is 3.02. The van der Waals surface area contributed by atoms with Crippen LogP contribution in [0.5, 0.6) is 5.75 Å². The lowest BCUT2D eigenvalue weighted by molar-refractivity contribution is -0.111. The summed E-state index contributed by atoms with van der Waals surface area (Å²) in [5.41, 5.74) is 3.83. The minimum absolute atomic E-state index is 0.225. The van der Waals surface area contributed by atoms with Crippen LogP contribution in [0.15, 0.2) is 49.1 Å². The van der Waals surface area contributed by atoms with Crippen molar-refractivity contribution in [2.75, 3.05) is 11.9 Å². The first-order chi connectivity index (χ1) is 11.2. The van der Waals surface area contributed by atoms with E-state index in [2.05, 4.69) is 11.9 Å². The van der Waals surface area contributed by atoms with E-state index >= 15 is 0 Å². The van der Waals surface area contributed by atoms with E-state index in [0.717, 1.165) is 34.5 Å². The Bertz CT molecular complexity index is 779. The lowest BCUT2D eigenvalue weighted by Gasteiger charge is -2.09. The van der Waals surface area contributed by atoms with Crippen LogP contribution < -0.4 is 10.1 Å². The van der Waals surface area contributed by atoms with Crippen molar-refractivity contribution < 1.29 is 9.53 Å². The van der Waals surface area contributed by atoms with Crippen molar-refractivity contribution in [1.82, 2.24) is 0 Å². The van der Waals surface area contributed by atoms with Crippen molar-refractivity contribution in [2.24, 2.45) is 0 Å². The van der Waals surface area contributed by atoms with Gasteiger partial charge < -0.3 is 10.1 Å². The Morgan fingerprint density at radius 3 is 2.74 bits per heavy atom. The second kappa shape index (κ2) is 6.71. The van der Waals surface area contributed by atoms with Gasteiger partial charge in [-0.25, -0.2) is 0 Å². The molecule has 2 aromatic carbocycles. The SMILES string of the molecule is C=CC(=O)Nc1cc(C=Cc2ccc(Cl)cc2)c2c(c1)CCO2. The van der Waals surface area contributed by atoms with Gasteiger partial charge in [0, 0.05) is 28.3 Å². The number of carbonyl (C=O) groups excluding carboxylic acids is 1. The summed E-state index contributed by atoms with van der Waals surface area (Å²) >= 11 is 5.90. The van der Waals surface area contributed by atoms with Gasteiger partial charge in [-0.3, -0.25) is 4.79 Å². The maximum atomic E-state index is 11.5. The third-order valence-electron chi connectivity index (χ3n) is 3.59. The van der Waals surface area contributed by atoms with Gasteiger partial charge in [0.2, 0.25) is 5.91 Å². The first-order valence-corrected chi connectivity index (χ1v) is 7.70. The third-order valence-corrected chi connectivity index (χ3v) is 3.84. The number of benzene rings is 2. The van der Waals surface area contributed by atoms with Crippen molar-refractivity contribution in [1.29, 1.82) is 0 Å². The first kappa shape index (κ1) is 15.4. The second-order valence-electron chi connectivity index (χ2n) is 5.23. The fourth-order valence-electron chi connectivity index (χ4n) is 2.49. The number of fused-ring (bicyclic) bond motifs is 1. The van der Waals surface area contributed by atoms with Gasteiger partial charge >= 0.3 is 0 Å². The quantitative estimate of drug-likeness (QED) is 0.660. The molecule has 1 amide bonds. The number of anilines is 1.